The molecule has 15 heavy (non-hydrogen) atoms. The van der Waals surface area contributed by atoms with Crippen LogP contribution in [-0.4, -0.2) is 25.3 Å². The third kappa shape index (κ3) is 2.73. The lowest BCUT2D eigenvalue weighted by Gasteiger charge is -2.22. The Kier molecular flexibility index (Phi) is 4.04. The van der Waals surface area contributed by atoms with Gasteiger partial charge in [-0.15, -0.1) is 0 Å². The Morgan fingerprint density at radius 3 is 2.73 bits per heavy atom. The second-order valence-electron chi connectivity index (χ2n) is 5.25. The average Bonchev–Trinajstić information content (AvgIpc) is 2.85. The van der Waals surface area contributed by atoms with Gasteiger partial charge in [-0.3, -0.25) is 0 Å². The molecule has 88 valence electrons. The molecule has 2 heteroatoms. The van der Waals surface area contributed by atoms with Crippen molar-refractivity contribution in [3.8, 4) is 0 Å². The van der Waals surface area contributed by atoms with Crippen LogP contribution in [0.15, 0.2) is 0 Å². The Bertz CT molecular complexity index is 189. The zero-order chi connectivity index (χ0) is 10.7. The van der Waals surface area contributed by atoms with Crippen LogP contribution in [0.5, 0.6) is 0 Å². The quantitative estimate of drug-likeness (QED) is 0.771. The summed E-state index contributed by atoms with van der Waals surface area (Å²) in [5.74, 6) is 1.81. The summed E-state index contributed by atoms with van der Waals surface area (Å²) in [5.41, 5.74) is 0. The molecule has 1 saturated carbocycles. The van der Waals surface area contributed by atoms with E-state index in [0.717, 1.165) is 31.0 Å². The monoisotopic (exact) mass is 211 g/mol. The lowest BCUT2D eigenvalue weighted by atomic mass is 9.93. The van der Waals surface area contributed by atoms with E-state index < -0.39 is 0 Å². The highest BCUT2D eigenvalue weighted by Gasteiger charge is 2.31. The van der Waals surface area contributed by atoms with Gasteiger partial charge in [0.25, 0.3) is 0 Å². The molecular weight excluding hydrogens is 186 g/mol. The van der Waals surface area contributed by atoms with Crippen molar-refractivity contribution in [1.29, 1.82) is 0 Å². The topological polar surface area (TPSA) is 21.3 Å². The molecule has 1 aliphatic heterocycles. The minimum absolute atomic E-state index is 0.498. The van der Waals surface area contributed by atoms with Crippen molar-refractivity contribution in [2.75, 3.05) is 13.2 Å². The molecule has 1 heterocycles. The molecule has 1 aliphatic carbocycles. The van der Waals surface area contributed by atoms with Gasteiger partial charge in [-0.1, -0.05) is 20.3 Å². The molecule has 0 spiro atoms. The highest BCUT2D eigenvalue weighted by Crippen LogP contribution is 2.33. The molecule has 4 unspecified atom stereocenters. The summed E-state index contributed by atoms with van der Waals surface area (Å²) in [6.07, 6.45) is 7.14. The number of rotatable bonds is 4. The molecule has 0 aromatic rings. The molecule has 1 N–H and O–H groups in total. The summed E-state index contributed by atoms with van der Waals surface area (Å²) in [7, 11) is 0. The van der Waals surface area contributed by atoms with Crippen molar-refractivity contribution in [3.63, 3.8) is 0 Å². The second-order valence-corrected chi connectivity index (χ2v) is 5.25. The Morgan fingerprint density at radius 2 is 2.13 bits per heavy atom. The van der Waals surface area contributed by atoms with E-state index >= 15 is 0 Å². The fourth-order valence-corrected chi connectivity index (χ4v) is 3.20. The number of ether oxygens (including phenoxy) is 1. The van der Waals surface area contributed by atoms with Crippen molar-refractivity contribution in [3.05, 3.63) is 0 Å². The first-order chi connectivity index (χ1) is 7.31. The predicted octanol–water partition coefficient (Wildman–Crippen LogP) is 2.58. The van der Waals surface area contributed by atoms with E-state index in [4.69, 9.17) is 4.74 Å². The maximum Gasteiger partial charge on any atom is 0.0700 e. The molecule has 0 bridgehead atoms. The summed E-state index contributed by atoms with van der Waals surface area (Å²) in [5, 5.41) is 3.71. The fourth-order valence-electron chi connectivity index (χ4n) is 3.20. The molecule has 0 aromatic heterocycles. The lowest BCUT2D eigenvalue weighted by molar-refractivity contribution is 0.105. The van der Waals surface area contributed by atoms with E-state index in [0.29, 0.717) is 6.10 Å². The van der Waals surface area contributed by atoms with Gasteiger partial charge < -0.3 is 10.1 Å². The van der Waals surface area contributed by atoms with Gasteiger partial charge in [0.15, 0.2) is 0 Å². The van der Waals surface area contributed by atoms with E-state index in [9.17, 15) is 0 Å². The third-order valence-electron chi connectivity index (χ3n) is 4.38. The number of nitrogens with one attached hydrogen (secondary N) is 1. The molecule has 0 aromatic carbocycles. The normalized spacial score (nSPS) is 41.2. The molecule has 2 nitrogen and oxygen atoms in total. The van der Waals surface area contributed by atoms with Gasteiger partial charge in [-0.25, -0.2) is 0 Å². The minimum Gasteiger partial charge on any atom is -0.377 e. The first-order valence-electron chi connectivity index (χ1n) is 6.66. The van der Waals surface area contributed by atoms with Crippen molar-refractivity contribution in [1.82, 2.24) is 5.32 Å². The summed E-state index contributed by atoms with van der Waals surface area (Å²) in [6.45, 7) is 6.79. The molecule has 2 rings (SSSR count). The van der Waals surface area contributed by atoms with E-state index in [1.165, 1.54) is 32.1 Å². The fraction of sp³-hybridized carbons (Fsp3) is 1.00. The summed E-state index contributed by atoms with van der Waals surface area (Å²) in [4.78, 5) is 0. The smallest absolute Gasteiger partial charge is 0.0700 e. The maximum atomic E-state index is 5.64. The highest BCUT2D eigenvalue weighted by molar-refractivity contribution is 4.87. The van der Waals surface area contributed by atoms with Crippen molar-refractivity contribution >= 4 is 0 Å². The largest absolute Gasteiger partial charge is 0.377 e. The average molecular weight is 211 g/mol. The first-order valence-corrected chi connectivity index (χ1v) is 6.66. The zero-order valence-electron chi connectivity index (χ0n) is 10.2. The van der Waals surface area contributed by atoms with Crippen LogP contribution in [0.4, 0.5) is 0 Å². The Balaban J connectivity index is 1.70. The van der Waals surface area contributed by atoms with E-state index in [1.54, 1.807) is 0 Å². The molecule has 0 amide bonds. The Morgan fingerprint density at radius 1 is 1.27 bits per heavy atom. The molecule has 4 atom stereocenters. The first kappa shape index (κ1) is 11.4. The summed E-state index contributed by atoms with van der Waals surface area (Å²) < 4.78 is 5.64. The zero-order valence-corrected chi connectivity index (χ0v) is 10.2. The Labute approximate surface area is 93.8 Å². The third-order valence-corrected chi connectivity index (χ3v) is 4.38. The van der Waals surface area contributed by atoms with Gasteiger partial charge in [0.05, 0.1) is 6.10 Å². The SMILES string of the molecule is CCC1CCC(NCC2CCCO2)C1C. The predicted molar refractivity (Wildman–Crippen MR) is 62.9 cm³/mol. The van der Waals surface area contributed by atoms with Crippen molar-refractivity contribution in [2.24, 2.45) is 11.8 Å². The molecule has 0 radical (unpaired) electrons. The standard InChI is InChI=1S/C13H25NO/c1-3-11-6-7-13(10(11)2)14-9-12-5-4-8-15-12/h10-14H,3-9H2,1-2H3. The van der Waals surface area contributed by atoms with Crippen LogP contribution >= 0.6 is 0 Å². The maximum absolute atomic E-state index is 5.64. The highest BCUT2D eigenvalue weighted by atomic mass is 16.5. The Hall–Kier alpha value is -0.0800. The van der Waals surface area contributed by atoms with E-state index in [1.807, 2.05) is 0 Å². The molecule has 1 saturated heterocycles. The van der Waals surface area contributed by atoms with Gasteiger partial charge in [0.2, 0.25) is 0 Å². The van der Waals surface area contributed by atoms with Gasteiger partial charge in [-0.2, -0.15) is 0 Å². The van der Waals surface area contributed by atoms with Gasteiger partial charge in [0.1, 0.15) is 0 Å². The molecule has 2 aliphatic rings. The van der Waals surface area contributed by atoms with Gasteiger partial charge in [0, 0.05) is 19.2 Å². The molecular formula is C13H25NO. The number of hydrogen-bond donors (Lipinski definition) is 1. The summed E-state index contributed by atoms with van der Waals surface area (Å²) in [6, 6.07) is 0.749. The second kappa shape index (κ2) is 5.31. The van der Waals surface area contributed by atoms with Gasteiger partial charge >= 0.3 is 0 Å². The summed E-state index contributed by atoms with van der Waals surface area (Å²) >= 11 is 0. The molecule has 2 fully saturated rings. The van der Waals surface area contributed by atoms with Crippen LogP contribution in [-0.2, 0) is 4.74 Å². The lowest BCUT2D eigenvalue weighted by Crippen LogP contribution is -2.37. The van der Waals surface area contributed by atoms with E-state index in [2.05, 4.69) is 19.2 Å². The number of hydrogen-bond acceptors (Lipinski definition) is 2. The van der Waals surface area contributed by atoms with Crippen LogP contribution in [0.3, 0.4) is 0 Å². The van der Waals surface area contributed by atoms with E-state index in [-0.39, 0.29) is 0 Å². The minimum atomic E-state index is 0.498. The van der Waals surface area contributed by atoms with Crippen LogP contribution in [0, 0.1) is 11.8 Å². The van der Waals surface area contributed by atoms with Crippen LogP contribution in [0.25, 0.3) is 0 Å². The van der Waals surface area contributed by atoms with Gasteiger partial charge in [-0.05, 0) is 37.5 Å². The van der Waals surface area contributed by atoms with Crippen LogP contribution in [0.2, 0.25) is 0 Å². The van der Waals surface area contributed by atoms with Crippen molar-refractivity contribution in [2.45, 2.75) is 58.1 Å². The van der Waals surface area contributed by atoms with Crippen molar-refractivity contribution < 1.29 is 4.74 Å². The van der Waals surface area contributed by atoms with Crippen LogP contribution < -0.4 is 5.32 Å². The van der Waals surface area contributed by atoms with Crippen LogP contribution in [0.1, 0.15) is 46.0 Å².